The summed E-state index contributed by atoms with van der Waals surface area (Å²) in [5.74, 6) is -0.500. The van der Waals surface area contributed by atoms with Gasteiger partial charge in [0.1, 0.15) is 0 Å². The second kappa shape index (κ2) is 8.37. The van der Waals surface area contributed by atoms with Crippen molar-refractivity contribution in [3.05, 3.63) is 71.4 Å². The van der Waals surface area contributed by atoms with Crippen molar-refractivity contribution >= 4 is 16.8 Å². The van der Waals surface area contributed by atoms with Crippen LogP contribution in [0.1, 0.15) is 35.3 Å². The number of hydroxylamine groups is 1. The van der Waals surface area contributed by atoms with E-state index in [1.807, 2.05) is 12.3 Å². The van der Waals surface area contributed by atoms with E-state index in [4.69, 9.17) is 5.21 Å². The van der Waals surface area contributed by atoms with Gasteiger partial charge in [-0.25, -0.2) is 5.48 Å². The molecule has 2 atom stereocenters. The van der Waals surface area contributed by atoms with Crippen LogP contribution in [0.15, 0.2) is 54.7 Å². The van der Waals surface area contributed by atoms with E-state index in [1.54, 1.807) is 17.6 Å². The first kappa shape index (κ1) is 19.6. The van der Waals surface area contributed by atoms with Crippen LogP contribution < -0.4 is 5.48 Å². The zero-order chi connectivity index (χ0) is 20.4. The minimum Gasteiger partial charge on any atom is -0.361 e. The number of carbonyl (C=O) groups excluding carboxylic acids is 1. The molecule has 1 aromatic heterocycles. The van der Waals surface area contributed by atoms with Crippen LogP contribution in [0.4, 0.5) is 0 Å². The van der Waals surface area contributed by atoms with Crippen LogP contribution in [0.2, 0.25) is 0 Å². The fourth-order valence-corrected chi connectivity index (χ4v) is 4.46. The third-order valence-electron chi connectivity index (χ3n) is 5.91. The number of rotatable bonds is 5. The minimum absolute atomic E-state index is 0.435. The average Bonchev–Trinajstić information content (AvgIpc) is 3.13. The number of fused-ring (bicyclic) bond motifs is 1. The summed E-state index contributed by atoms with van der Waals surface area (Å²) in [6.07, 6.45) is 2.02. The lowest BCUT2D eigenvalue weighted by molar-refractivity contribution is 0.0292. The second-order valence-corrected chi connectivity index (χ2v) is 8.07. The maximum atomic E-state index is 11.6. The number of hydrogen-bond donors (Lipinski definition) is 3. The van der Waals surface area contributed by atoms with Crippen molar-refractivity contribution in [3.8, 4) is 0 Å². The van der Waals surface area contributed by atoms with E-state index >= 15 is 0 Å². The number of hydrogen-bond acceptors (Lipinski definition) is 4. The van der Waals surface area contributed by atoms with Crippen molar-refractivity contribution in [2.24, 2.45) is 0 Å². The Morgan fingerprint density at radius 3 is 2.52 bits per heavy atom. The molecule has 2 aromatic carbocycles. The zero-order valence-electron chi connectivity index (χ0n) is 16.9. The van der Waals surface area contributed by atoms with Crippen molar-refractivity contribution in [3.63, 3.8) is 0 Å². The fraction of sp³-hybridized carbons (Fsp3) is 0.348. The normalized spacial score (nSPS) is 20.8. The molecule has 152 valence electrons. The van der Waals surface area contributed by atoms with Crippen LogP contribution in [0, 0.1) is 0 Å². The monoisotopic (exact) mass is 392 g/mol. The summed E-state index contributed by atoms with van der Waals surface area (Å²) in [5.41, 5.74) is 5.62. The van der Waals surface area contributed by atoms with Crippen LogP contribution in [0.3, 0.4) is 0 Å². The smallest absolute Gasteiger partial charge is 0.274 e. The number of H-pyrrole nitrogens is 1. The molecule has 0 spiro atoms. The number of piperazine rings is 1. The molecule has 1 amide bonds. The third-order valence-corrected chi connectivity index (χ3v) is 5.91. The fourth-order valence-electron chi connectivity index (χ4n) is 4.46. The second-order valence-electron chi connectivity index (χ2n) is 8.07. The van der Waals surface area contributed by atoms with E-state index in [0.717, 1.165) is 37.1 Å². The maximum Gasteiger partial charge on any atom is 0.274 e. The van der Waals surface area contributed by atoms with Gasteiger partial charge in [-0.15, -0.1) is 0 Å². The summed E-state index contributed by atoms with van der Waals surface area (Å²) >= 11 is 0. The zero-order valence-corrected chi connectivity index (χ0v) is 16.9. The van der Waals surface area contributed by atoms with Crippen molar-refractivity contribution in [1.82, 2.24) is 20.3 Å². The van der Waals surface area contributed by atoms with Crippen molar-refractivity contribution in [2.45, 2.75) is 39.0 Å². The van der Waals surface area contributed by atoms with E-state index in [-0.39, 0.29) is 0 Å². The maximum absolute atomic E-state index is 11.6. The molecule has 6 heteroatoms. The molecule has 0 bridgehead atoms. The van der Waals surface area contributed by atoms with Gasteiger partial charge in [-0.2, -0.15) is 0 Å². The van der Waals surface area contributed by atoms with Crippen LogP contribution in [-0.2, 0) is 13.1 Å². The van der Waals surface area contributed by atoms with Gasteiger partial charge in [-0.1, -0.05) is 36.4 Å². The highest BCUT2D eigenvalue weighted by atomic mass is 16.5. The largest absolute Gasteiger partial charge is 0.361 e. The van der Waals surface area contributed by atoms with Crippen LogP contribution in [0.5, 0.6) is 0 Å². The summed E-state index contributed by atoms with van der Waals surface area (Å²) in [6, 6.07) is 17.1. The molecule has 0 radical (unpaired) electrons. The van der Waals surface area contributed by atoms with Gasteiger partial charge >= 0.3 is 0 Å². The van der Waals surface area contributed by atoms with Crippen LogP contribution in [0.25, 0.3) is 10.9 Å². The Kier molecular flexibility index (Phi) is 5.67. The summed E-state index contributed by atoms with van der Waals surface area (Å²) in [4.78, 5) is 20.0. The Labute approximate surface area is 171 Å². The number of amides is 1. The quantitative estimate of drug-likeness (QED) is 0.460. The number of aromatic amines is 1. The number of nitrogens with one attached hydrogen (secondary N) is 2. The van der Waals surface area contributed by atoms with Gasteiger partial charge in [0.05, 0.1) is 0 Å². The summed E-state index contributed by atoms with van der Waals surface area (Å²) in [5, 5.41) is 9.94. The standard InChI is InChI=1S/C23H28N4O2/c1-16-12-26(13-17(2)27(16)14-18-6-4-3-5-7-18)15-20-11-24-22-10-19(23(28)25-29)8-9-21(20)22/h3-11,16-17,24,29H,12-15H2,1-2H3,(H,25,28)/t16-,17+. The van der Waals surface area contributed by atoms with Gasteiger partial charge in [-0.3, -0.25) is 19.8 Å². The number of nitrogens with zero attached hydrogens (tertiary/aromatic N) is 2. The molecule has 2 heterocycles. The van der Waals surface area contributed by atoms with E-state index in [2.05, 4.69) is 59.0 Å². The van der Waals surface area contributed by atoms with Crippen molar-refractivity contribution < 1.29 is 10.0 Å². The Hall–Kier alpha value is -2.67. The molecule has 4 rings (SSSR count). The molecule has 0 unspecified atom stereocenters. The molecule has 3 aromatic rings. The lowest BCUT2D eigenvalue weighted by Gasteiger charge is -2.44. The molecule has 0 aliphatic carbocycles. The minimum atomic E-state index is -0.500. The molecule has 3 N–H and O–H groups in total. The highest BCUT2D eigenvalue weighted by Gasteiger charge is 2.29. The molecule has 29 heavy (non-hydrogen) atoms. The SMILES string of the molecule is C[C@@H]1CN(Cc2c[nH]c3cc(C(=O)NO)ccc23)C[C@H](C)N1Cc1ccccc1. The number of benzene rings is 2. The first-order valence-electron chi connectivity index (χ1n) is 10.1. The molecule has 1 aliphatic rings. The summed E-state index contributed by atoms with van der Waals surface area (Å²) in [6.45, 7) is 8.52. The molecular formula is C23H28N4O2. The number of carbonyl (C=O) groups is 1. The van der Waals surface area contributed by atoms with Gasteiger partial charge in [0.25, 0.3) is 5.91 Å². The third kappa shape index (κ3) is 4.19. The van der Waals surface area contributed by atoms with Gasteiger partial charge in [0.2, 0.25) is 0 Å². The predicted octanol–water partition coefficient (Wildman–Crippen LogP) is 3.38. The molecule has 6 nitrogen and oxygen atoms in total. The van der Waals surface area contributed by atoms with Gasteiger partial charge in [-0.05, 0) is 37.1 Å². The van der Waals surface area contributed by atoms with Crippen LogP contribution >= 0.6 is 0 Å². The molecule has 1 aliphatic heterocycles. The molecule has 1 saturated heterocycles. The highest BCUT2D eigenvalue weighted by Crippen LogP contribution is 2.24. The molecular weight excluding hydrogens is 364 g/mol. The van der Waals surface area contributed by atoms with Gasteiger partial charge in [0.15, 0.2) is 0 Å². The summed E-state index contributed by atoms with van der Waals surface area (Å²) in [7, 11) is 0. The highest BCUT2D eigenvalue weighted by molar-refractivity contribution is 5.97. The topological polar surface area (TPSA) is 71.6 Å². The summed E-state index contributed by atoms with van der Waals surface area (Å²) < 4.78 is 0. The van der Waals surface area contributed by atoms with Gasteiger partial charge in [0, 0.05) is 60.9 Å². The molecule has 1 fully saturated rings. The lowest BCUT2D eigenvalue weighted by Crippen LogP contribution is -2.55. The van der Waals surface area contributed by atoms with Gasteiger partial charge < -0.3 is 4.98 Å². The number of aromatic nitrogens is 1. The first-order chi connectivity index (χ1) is 14.0. The first-order valence-corrected chi connectivity index (χ1v) is 10.1. The Balaban J connectivity index is 1.45. The predicted molar refractivity (Wildman–Crippen MR) is 114 cm³/mol. The van der Waals surface area contributed by atoms with E-state index < -0.39 is 5.91 Å². The lowest BCUT2D eigenvalue weighted by atomic mass is 10.0. The average molecular weight is 393 g/mol. The van der Waals surface area contributed by atoms with Crippen molar-refractivity contribution in [2.75, 3.05) is 13.1 Å². The van der Waals surface area contributed by atoms with Crippen molar-refractivity contribution in [1.29, 1.82) is 0 Å². The van der Waals surface area contributed by atoms with E-state index in [0.29, 0.717) is 17.6 Å². The molecule has 0 saturated carbocycles. The Bertz CT molecular complexity index is 973. The Morgan fingerprint density at radius 2 is 1.83 bits per heavy atom. The van der Waals surface area contributed by atoms with Crippen LogP contribution in [-0.4, -0.2) is 51.1 Å². The van der Waals surface area contributed by atoms with E-state index in [1.165, 1.54) is 11.1 Å². The van der Waals surface area contributed by atoms with E-state index in [9.17, 15) is 4.79 Å². The Morgan fingerprint density at radius 1 is 1.10 bits per heavy atom.